The van der Waals surface area contributed by atoms with Crippen LogP contribution in [0, 0.1) is 17.8 Å². The highest BCUT2D eigenvalue weighted by molar-refractivity contribution is 8.01. The summed E-state index contributed by atoms with van der Waals surface area (Å²) in [7, 11) is 0. The third-order valence-corrected chi connectivity index (χ3v) is 12.8. The summed E-state index contributed by atoms with van der Waals surface area (Å²) in [5.74, 6) is 3.22. The highest BCUT2D eigenvalue weighted by Gasteiger charge is 2.50. The molecule has 238 valence electrons. The van der Waals surface area contributed by atoms with E-state index in [4.69, 9.17) is 9.47 Å². The Hall–Kier alpha value is -0.380. The summed E-state index contributed by atoms with van der Waals surface area (Å²) in [6.45, 7) is 10.7. The van der Waals surface area contributed by atoms with Gasteiger partial charge in [-0.05, 0) is 56.6 Å². The van der Waals surface area contributed by atoms with Gasteiger partial charge in [0, 0.05) is 57.0 Å². The fraction of sp³-hybridized carbons (Fsp3) is 0.967. The maximum Gasteiger partial charge on any atom is 0.152 e. The third kappa shape index (κ3) is 6.74. The number of Topliss-reactive ketones (excluding diaryl/α,β-unsaturated/α-hetero) is 1. The van der Waals surface area contributed by atoms with Gasteiger partial charge < -0.3 is 19.5 Å². The number of rotatable bonds is 7. The molecule has 0 aromatic heterocycles. The second-order valence-electron chi connectivity index (χ2n) is 14.1. The molecule has 1 aliphatic carbocycles. The number of fused-ring (bicyclic) bond motifs is 1. The second kappa shape index (κ2) is 13.5. The number of ether oxygens (including phenoxy) is 2. The lowest BCUT2D eigenvalue weighted by Crippen LogP contribution is -3.11. The molecule has 0 spiro atoms. The molecule has 6 saturated heterocycles. The van der Waals surface area contributed by atoms with E-state index in [0.29, 0.717) is 48.2 Å². The van der Waals surface area contributed by atoms with Gasteiger partial charge in [0.25, 0.3) is 0 Å². The second-order valence-corrected chi connectivity index (χ2v) is 15.3. The summed E-state index contributed by atoms with van der Waals surface area (Å²) < 4.78 is 12.3. The van der Waals surface area contributed by atoms with Crippen LogP contribution in [0.1, 0.15) is 51.9 Å². The minimum atomic E-state index is -0.111. The van der Waals surface area contributed by atoms with E-state index >= 15 is 0 Å². The first-order chi connectivity index (χ1) is 20.5. The average Bonchev–Trinajstić information content (AvgIpc) is 3.73. The Kier molecular flexibility index (Phi) is 9.76. The van der Waals surface area contributed by atoms with E-state index in [9.17, 15) is 9.90 Å². The zero-order valence-corrected chi connectivity index (χ0v) is 26.2. The maximum absolute atomic E-state index is 13.1. The molecule has 6 heterocycles. The number of hydrogen-bond donors (Lipinski definition) is 6. The lowest BCUT2D eigenvalue weighted by atomic mass is 9.75. The first kappa shape index (κ1) is 30.3. The number of carbonyl (C=O) groups is 1. The number of carbonyl (C=O) groups excluding carboxylic acids is 1. The van der Waals surface area contributed by atoms with Crippen molar-refractivity contribution in [3.63, 3.8) is 0 Å². The number of hydrogen-bond acceptors (Lipinski definition) is 11. The maximum atomic E-state index is 13.1. The van der Waals surface area contributed by atoms with Crippen molar-refractivity contribution in [2.24, 2.45) is 17.8 Å². The van der Waals surface area contributed by atoms with E-state index in [1.165, 1.54) is 25.7 Å². The van der Waals surface area contributed by atoms with Gasteiger partial charge in [0.05, 0.1) is 43.8 Å². The number of quaternary nitrogens is 1. The zero-order valence-electron chi connectivity index (χ0n) is 25.3. The molecule has 0 bridgehead atoms. The van der Waals surface area contributed by atoms with E-state index in [1.807, 2.05) is 11.8 Å². The Morgan fingerprint density at radius 2 is 1.98 bits per heavy atom. The van der Waals surface area contributed by atoms with Gasteiger partial charge in [0.15, 0.2) is 5.78 Å². The monoisotopic (exact) mass is 608 g/mol. The molecule has 0 radical (unpaired) electrons. The van der Waals surface area contributed by atoms with Crippen molar-refractivity contribution in [1.82, 2.24) is 31.3 Å². The molecule has 0 aromatic carbocycles. The van der Waals surface area contributed by atoms with Crippen LogP contribution >= 0.6 is 11.8 Å². The van der Waals surface area contributed by atoms with E-state index in [1.54, 1.807) is 4.90 Å². The number of thioether (sulfide) groups is 1. The standard InChI is InChI=1S/C30H53N7O4S/c1-19-21(15-35-9-7-23(38)17-35)16-37(34-19)26-6-8-31-30(33-26)32-22-4-2-20(3-5-22)24-18-42-29-25(39)14-27(41-28(24)29)36-10-12-40-13-11-36/h19-24,26-34,38H,2-18H2,1H3/p+1. The fourth-order valence-corrected chi connectivity index (χ4v) is 10.5. The number of morpholine rings is 1. The molecule has 7 fully saturated rings. The molecule has 11 nitrogen and oxygen atoms in total. The Labute approximate surface area is 255 Å². The van der Waals surface area contributed by atoms with Crippen molar-refractivity contribution in [3.8, 4) is 0 Å². The average molecular weight is 609 g/mol. The number of nitrogens with one attached hydrogen (secondary N) is 5. The Balaban J connectivity index is 0.870. The van der Waals surface area contributed by atoms with Crippen LogP contribution in [0.5, 0.6) is 0 Å². The van der Waals surface area contributed by atoms with E-state index in [2.05, 4.69) is 38.2 Å². The molecule has 6 aliphatic heterocycles. The zero-order chi connectivity index (χ0) is 28.6. The third-order valence-electron chi connectivity index (χ3n) is 11.3. The van der Waals surface area contributed by atoms with Crippen LogP contribution < -0.4 is 26.3 Å². The molecule has 12 heteroatoms. The van der Waals surface area contributed by atoms with Crippen molar-refractivity contribution in [2.75, 3.05) is 64.8 Å². The number of ketones is 1. The molecule has 42 heavy (non-hydrogen) atoms. The summed E-state index contributed by atoms with van der Waals surface area (Å²) in [6.07, 6.45) is 7.70. The van der Waals surface area contributed by atoms with Crippen molar-refractivity contribution in [2.45, 2.75) is 100 Å². The Bertz CT molecular complexity index is 922. The largest absolute Gasteiger partial charge is 0.387 e. The van der Waals surface area contributed by atoms with Gasteiger partial charge in [-0.15, -0.1) is 11.8 Å². The summed E-state index contributed by atoms with van der Waals surface area (Å²) in [5.41, 5.74) is 3.76. The summed E-state index contributed by atoms with van der Waals surface area (Å²) in [6, 6.07) is 0.975. The molecule has 0 amide bonds. The molecule has 0 aromatic rings. The van der Waals surface area contributed by atoms with Crippen LogP contribution in [0.15, 0.2) is 0 Å². The lowest BCUT2D eigenvalue weighted by Gasteiger charge is -2.43. The van der Waals surface area contributed by atoms with Crippen LogP contribution in [-0.2, 0) is 14.3 Å². The minimum absolute atomic E-state index is 0.0422. The van der Waals surface area contributed by atoms with Gasteiger partial charge in [0.2, 0.25) is 0 Å². The molecule has 1 saturated carbocycles. The smallest absolute Gasteiger partial charge is 0.152 e. The number of likely N-dealkylation sites (tertiary alicyclic amines) is 1. The predicted octanol–water partition coefficient (Wildman–Crippen LogP) is -1.45. The van der Waals surface area contributed by atoms with Crippen molar-refractivity contribution in [1.29, 1.82) is 0 Å². The van der Waals surface area contributed by atoms with Gasteiger partial charge in [-0.3, -0.25) is 31.1 Å². The molecular weight excluding hydrogens is 554 g/mol. The number of aliphatic hydroxyl groups is 1. The molecule has 7 rings (SSSR count). The van der Waals surface area contributed by atoms with Gasteiger partial charge in [0.1, 0.15) is 25.2 Å². The van der Waals surface area contributed by atoms with Crippen LogP contribution in [0.2, 0.25) is 0 Å². The quantitative estimate of drug-likeness (QED) is 0.204. The number of nitrogens with zero attached hydrogens (tertiary/aromatic N) is 2. The van der Waals surface area contributed by atoms with Crippen molar-refractivity contribution in [3.05, 3.63) is 0 Å². The Morgan fingerprint density at radius 3 is 2.76 bits per heavy atom. The van der Waals surface area contributed by atoms with Gasteiger partial charge in [-0.25, -0.2) is 5.01 Å². The van der Waals surface area contributed by atoms with E-state index < -0.39 is 0 Å². The molecule has 10 atom stereocenters. The van der Waals surface area contributed by atoms with Crippen molar-refractivity contribution >= 4 is 17.5 Å². The van der Waals surface area contributed by atoms with E-state index in [-0.39, 0.29) is 30.0 Å². The SMILES string of the molecule is CC1NN(C2CCNC(NC3CCC(C4CSC5C(=O)CC(N6CCOCC6)OC54)CC3)N2)CC1C[NH+]1CCC(O)C1. The molecule has 7 aliphatic rings. The number of aliphatic hydroxyl groups excluding tert-OH is 1. The Morgan fingerprint density at radius 1 is 1.14 bits per heavy atom. The molecular formula is C30H54N7O4S+. The fourth-order valence-electron chi connectivity index (χ4n) is 8.83. The van der Waals surface area contributed by atoms with Crippen LogP contribution in [0.4, 0.5) is 0 Å². The predicted molar refractivity (Wildman–Crippen MR) is 162 cm³/mol. The first-order valence-corrected chi connectivity index (χ1v) is 18.0. The highest BCUT2D eigenvalue weighted by Crippen LogP contribution is 2.46. The van der Waals surface area contributed by atoms with Crippen LogP contribution in [-0.4, -0.2) is 134 Å². The number of hydrazine groups is 1. The van der Waals surface area contributed by atoms with Crippen LogP contribution in [0.25, 0.3) is 0 Å². The highest BCUT2D eigenvalue weighted by atomic mass is 32.2. The van der Waals surface area contributed by atoms with Crippen LogP contribution in [0.3, 0.4) is 0 Å². The molecule has 10 unspecified atom stereocenters. The summed E-state index contributed by atoms with van der Waals surface area (Å²) >= 11 is 1.86. The summed E-state index contributed by atoms with van der Waals surface area (Å²) in [5, 5.41) is 23.8. The van der Waals surface area contributed by atoms with E-state index in [0.717, 1.165) is 77.6 Å². The topological polar surface area (TPSA) is 115 Å². The normalized spacial score (nSPS) is 47.6. The summed E-state index contributed by atoms with van der Waals surface area (Å²) in [4.78, 5) is 17.0. The molecule has 6 N–H and O–H groups in total. The first-order valence-electron chi connectivity index (χ1n) is 16.9. The van der Waals surface area contributed by atoms with Crippen molar-refractivity contribution < 1.29 is 24.3 Å². The van der Waals surface area contributed by atoms with Gasteiger partial charge in [-0.1, -0.05) is 0 Å². The lowest BCUT2D eigenvalue weighted by molar-refractivity contribution is -0.892. The van der Waals surface area contributed by atoms with Gasteiger partial charge >= 0.3 is 0 Å². The minimum Gasteiger partial charge on any atom is -0.387 e. The van der Waals surface area contributed by atoms with Gasteiger partial charge in [-0.2, -0.15) is 0 Å².